The molecule has 0 heterocycles. The minimum Gasteiger partial charge on any atom is -0.412 e. The molecule has 0 spiro atoms. The average Bonchev–Trinajstić information content (AvgIpc) is 2.72. The summed E-state index contributed by atoms with van der Waals surface area (Å²) in [5.41, 5.74) is 2.07. The van der Waals surface area contributed by atoms with Gasteiger partial charge in [-0.25, -0.2) is 0 Å². The molecular weight excluding hydrogens is 424 g/mol. The fourth-order valence-corrected chi connectivity index (χ4v) is 11.1. The van der Waals surface area contributed by atoms with E-state index in [1.807, 2.05) is 0 Å². The lowest BCUT2D eigenvalue weighted by Crippen LogP contribution is -2.68. The molecule has 5 N–H and O–H groups in total. The highest BCUT2D eigenvalue weighted by Gasteiger charge is 2.71. The van der Waals surface area contributed by atoms with E-state index in [-0.39, 0.29) is 33.5 Å². The molecule has 5 rings (SSSR count). The summed E-state index contributed by atoms with van der Waals surface area (Å²) in [6, 6.07) is 0. The van der Waals surface area contributed by atoms with Gasteiger partial charge in [0.25, 0.3) is 0 Å². The maximum atomic E-state index is 12.8. The van der Waals surface area contributed by atoms with Crippen molar-refractivity contribution in [3.63, 3.8) is 0 Å². The second-order valence-corrected chi connectivity index (χ2v) is 15.4. The Bertz CT molecular complexity index is 823. The quantitative estimate of drug-likeness (QED) is 0.477. The Balaban J connectivity index is 0.00000162. The summed E-state index contributed by atoms with van der Waals surface area (Å²) in [6.07, 6.45) is 12.0. The normalized spacial score (nSPS) is 55.9. The highest BCUT2D eigenvalue weighted by Crippen LogP contribution is 2.78. The lowest BCUT2D eigenvalue weighted by atomic mass is 9.30. The zero-order chi connectivity index (χ0) is 23.5. The Morgan fingerprint density at radius 1 is 0.706 bits per heavy atom. The fourth-order valence-electron chi connectivity index (χ4n) is 11.1. The van der Waals surface area contributed by atoms with E-state index in [1.54, 1.807) is 0 Å². The molecule has 34 heavy (non-hydrogen) atoms. The van der Waals surface area contributed by atoms with Crippen LogP contribution in [-0.4, -0.2) is 27.9 Å². The Morgan fingerprint density at radius 3 is 1.91 bits per heavy atom. The van der Waals surface area contributed by atoms with Crippen LogP contribution in [0, 0.1) is 56.2 Å². The summed E-state index contributed by atoms with van der Waals surface area (Å²) in [6.45, 7) is 20.1. The molecule has 10 atom stereocenters. The summed E-state index contributed by atoms with van der Waals surface area (Å²) in [5, 5.41) is 10.7. The van der Waals surface area contributed by atoms with Crippen molar-refractivity contribution in [3.8, 4) is 0 Å². The van der Waals surface area contributed by atoms with Crippen molar-refractivity contribution in [2.45, 2.75) is 126 Å². The first-order valence-corrected chi connectivity index (χ1v) is 13.8. The van der Waals surface area contributed by atoms with Crippen molar-refractivity contribution in [2.75, 3.05) is 0 Å². The van der Waals surface area contributed by atoms with Crippen LogP contribution in [0.5, 0.6) is 0 Å². The van der Waals surface area contributed by atoms with E-state index in [1.165, 1.54) is 51.4 Å². The SMILES string of the molecule is C[C@H]1C(=O)[C@H](O)C[C@@H]2[C@]1(C)CC[C@H]1[C@@]2(C)CC[C@@]2(C)[C@@H]3CC(C)(C)CC[C@]3(C)CC[C@]12C.O.O. The van der Waals surface area contributed by atoms with Crippen molar-refractivity contribution in [1.82, 2.24) is 0 Å². The van der Waals surface area contributed by atoms with Crippen LogP contribution in [0.4, 0.5) is 0 Å². The number of rotatable bonds is 0. The third-order valence-electron chi connectivity index (χ3n) is 13.8. The van der Waals surface area contributed by atoms with Crippen molar-refractivity contribution in [1.29, 1.82) is 0 Å². The molecule has 0 amide bonds. The molecule has 4 heteroatoms. The molecule has 0 unspecified atom stereocenters. The Morgan fingerprint density at radius 2 is 1.26 bits per heavy atom. The van der Waals surface area contributed by atoms with Gasteiger partial charge in [0.1, 0.15) is 6.10 Å². The monoisotopic (exact) mass is 478 g/mol. The lowest BCUT2D eigenvalue weighted by molar-refractivity contribution is -0.259. The fraction of sp³-hybridized carbons (Fsp3) is 0.967. The van der Waals surface area contributed by atoms with Gasteiger partial charge >= 0.3 is 0 Å². The highest BCUT2D eigenvalue weighted by atomic mass is 16.3. The van der Waals surface area contributed by atoms with Crippen LogP contribution < -0.4 is 0 Å². The molecule has 0 aromatic carbocycles. The molecular formula is C30H54O4. The number of carbonyl (C=O) groups excluding carboxylic acids is 1. The minimum absolute atomic E-state index is 0. The molecule has 4 nitrogen and oxygen atoms in total. The first kappa shape index (κ1) is 28.1. The minimum atomic E-state index is -0.742. The third-order valence-corrected chi connectivity index (χ3v) is 13.8. The molecule has 0 aliphatic heterocycles. The van der Waals surface area contributed by atoms with E-state index in [9.17, 15) is 9.90 Å². The Hall–Kier alpha value is -0.450. The van der Waals surface area contributed by atoms with Gasteiger partial charge in [0.15, 0.2) is 5.78 Å². The van der Waals surface area contributed by atoms with Gasteiger partial charge in [-0.05, 0) is 114 Å². The predicted molar refractivity (Wildman–Crippen MR) is 138 cm³/mol. The first-order chi connectivity index (χ1) is 14.6. The lowest BCUT2D eigenvalue weighted by Gasteiger charge is -2.75. The number of ketones is 1. The van der Waals surface area contributed by atoms with Gasteiger partial charge < -0.3 is 16.1 Å². The van der Waals surface area contributed by atoms with E-state index >= 15 is 0 Å². The van der Waals surface area contributed by atoms with Gasteiger partial charge in [0.05, 0.1) is 0 Å². The highest BCUT2D eigenvalue weighted by molar-refractivity contribution is 5.86. The molecule has 5 aliphatic rings. The molecule has 0 saturated heterocycles. The number of fused-ring (bicyclic) bond motifs is 7. The van der Waals surface area contributed by atoms with Gasteiger partial charge in [0.2, 0.25) is 0 Å². The van der Waals surface area contributed by atoms with Crippen LogP contribution in [0.25, 0.3) is 0 Å². The van der Waals surface area contributed by atoms with Gasteiger partial charge in [-0.1, -0.05) is 55.4 Å². The molecule has 0 bridgehead atoms. The molecule has 5 saturated carbocycles. The van der Waals surface area contributed by atoms with Crippen LogP contribution in [-0.2, 0) is 4.79 Å². The van der Waals surface area contributed by atoms with Crippen LogP contribution in [0.1, 0.15) is 120 Å². The van der Waals surface area contributed by atoms with Gasteiger partial charge in [-0.2, -0.15) is 0 Å². The first-order valence-electron chi connectivity index (χ1n) is 13.8. The topological polar surface area (TPSA) is 100 Å². The van der Waals surface area contributed by atoms with E-state index in [0.717, 1.165) is 12.3 Å². The van der Waals surface area contributed by atoms with E-state index in [2.05, 4.69) is 55.4 Å². The van der Waals surface area contributed by atoms with E-state index in [4.69, 9.17) is 0 Å². The smallest absolute Gasteiger partial charge is 0.164 e. The Labute approximate surface area is 208 Å². The largest absolute Gasteiger partial charge is 0.412 e. The maximum Gasteiger partial charge on any atom is 0.164 e. The second kappa shape index (κ2) is 8.02. The standard InChI is InChI=1S/C30H50O2.2H2O/c1-19-24(32)20(31)17-22-27(19,5)10-9-21-28(22,6)14-16-30(8)23-18-25(2,3)11-12-26(23,4)13-15-29(21,30)7;;/h19-23,31H,9-18H2,1-8H3;2*1H2/t19-,20+,21-,22+,23+,26+,27+,28+,29+,30-;;/m0../s1. The van der Waals surface area contributed by atoms with E-state index < -0.39 is 6.10 Å². The number of hydrogen-bond acceptors (Lipinski definition) is 2. The maximum absolute atomic E-state index is 12.8. The number of aliphatic hydroxyl groups excluding tert-OH is 1. The molecule has 0 radical (unpaired) electrons. The zero-order valence-electron chi connectivity index (χ0n) is 23.3. The summed E-state index contributed by atoms with van der Waals surface area (Å²) >= 11 is 0. The van der Waals surface area contributed by atoms with Crippen molar-refractivity contribution in [2.24, 2.45) is 56.2 Å². The second-order valence-electron chi connectivity index (χ2n) is 15.4. The molecule has 0 aromatic heterocycles. The molecule has 198 valence electrons. The number of aliphatic hydroxyl groups is 1. The van der Waals surface area contributed by atoms with Crippen molar-refractivity contribution < 1.29 is 20.9 Å². The van der Waals surface area contributed by atoms with Gasteiger partial charge in [0, 0.05) is 5.92 Å². The Kier molecular flexibility index (Phi) is 6.64. The van der Waals surface area contributed by atoms with Crippen LogP contribution >= 0.6 is 0 Å². The summed E-state index contributed by atoms with van der Waals surface area (Å²) in [4.78, 5) is 12.8. The molecule has 5 fully saturated rings. The van der Waals surface area contributed by atoms with E-state index in [0.29, 0.717) is 39.9 Å². The van der Waals surface area contributed by atoms with Crippen molar-refractivity contribution in [3.05, 3.63) is 0 Å². The predicted octanol–water partition coefficient (Wildman–Crippen LogP) is 5.78. The molecule has 5 aliphatic carbocycles. The number of hydrogen-bond donors (Lipinski definition) is 1. The van der Waals surface area contributed by atoms with Crippen LogP contribution in [0.3, 0.4) is 0 Å². The number of Topliss-reactive ketones (excluding diaryl/α,β-unsaturated/α-hetero) is 1. The summed E-state index contributed by atoms with van der Waals surface area (Å²) < 4.78 is 0. The van der Waals surface area contributed by atoms with Gasteiger partial charge in [-0.15, -0.1) is 0 Å². The number of carbonyl (C=O) groups is 1. The van der Waals surface area contributed by atoms with Gasteiger partial charge in [-0.3, -0.25) is 4.79 Å². The van der Waals surface area contributed by atoms with Crippen LogP contribution in [0.15, 0.2) is 0 Å². The van der Waals surface area contributed by atoms with Crippen molar-refractivity contribution >= 4 is 5.78 Å². The summed E-state index contributed by atoms with van der Waals surface area (Å²) in [7, 11) is 0. The average molecular weight is 479 g/mol. The summed E-state index contributed by atoms with van der Waals surface area (Å²) in [5.74, 6) is 2.11. The molecule has 0 aromatic rings. The third kappa shape index (κ3) is 3.29. The zero-order valence-corrected chi connectivity index (χ0v) is 23.3. The van der Waals surface area contributed by atoms with Crippen LogP contribution in [0.2, 0.25) is 0 Å².